The summed E-state index contributed by atoms with van der Waals surface area (Å²) >= 11 is 0. The van der Waals surface area contributed by atoms with E-state index in [4.69, 9.17) is 20.9 Å². The highest BCUT2D eigenvalue weighted by Crippen LogP contribution is 2.25. The average Bonchev–Trinajstić information content (AvgIpc) is 2.28. The van der Waals surface area contributed by atoms with Crippen LogP contribution in [0.4, 0.5) is 0 Å². The first-order valence-electron chi connectivity index (χ1n) is 4.90. The number of hydrogen-bond donors (Lipinski definition) is 2. The molecular formula is C11H15N3O3. The molecule has 0 saturated heterocycles. The number of benzene rings is 1. The van der Waals surface area contributed by atoms with Crippen molar-refractivity contribution in [1.29, 1.82) is 0 Å². The van der Waals surface area contributed by atoms with E-state index in [1.165, 1.54) is 7.11 Å². The van der Waals surface area contributed by atoms with Crippen molar-refractivity contribution < 1.29 is 14.3 Å². The molecule has 0 radical (unpaired) electrons. The summed E-state index contributed by atoms with van der Waals surface area (Å²) in [5.74, 6) is 0.541. The van der Waals surface area contributed by atoms with Gasteiger partial charge in [0.25, 0.3) is 5.91 Å². The molecule has 1 aromatic carbocycles. The van der Waals surface area contributed by atoms with Crippen LogP contribution in [0.3, 0.4) is 0 Å². The molecule has 17 heavy (non-hydrogen) atoms. The molecule has 6 heteroatoms. The lowest BCUT2D eigenvalue weighted by atomic mass is 10.1. The summed E-state index contributed by atoms with van der Waals surface area (Å²) in [5.41, 5.74) is 10.9. The minimum absolute atomic E-state index is 0.0745. The standard InChI is InChI=1S/C11H15N3O3/c1-16-8-4-3-7(9(6-8)17-2)5-10(15)14-11(12)13/h3-4,6H,5H2,1-2H3,(H4,12,13,14,15). The smallest absolute Gasteiger partial charge is 0.253 e. The van der Waals surface area contributed by atoms with E-state index < -0.39 is 5.91 Å². The predicted molar refractivity (Wildman–Crippen MR) is 64.1 cm³/mol. The number of ether oxygens (including phenoxy) is 2. The molecule has 0 aliphatic carbocycles. The molecule has 0 aliphatic heterocycles. The number of carbonyl (C=O) groups excluding carboxylic acids is 1. The molecule has 1 aromatic rings. The largest absolute Gasteiger partial charge is 0.497 e. The second kappa shape index (κ2) is 5.74. The minimum atomic E-state index is -0.423. The Morgan fingerprint density at radius 1 is 1.29 bits per heavy atom. The van der Waals surface area contributed by atoms with Crippen LogP contribution >= 0.6 is 0 Å². The lowest BCUT2D eigenvalue weighted by molar-refractivity contribution is -0.117. The zero-order valence-corrected chi connectivity index (χ0v) is 9.77. The van der Waals surface area contributed by atoms with Gasteiger partial charge >= 0.3 is 0 Å². The van der Waals surface area contributed by atoms with Crippen LogP contribution in [0.1, 0.15) is 5.56 Å². The molecule has 0 fully saturated rings. The Hall–Kier alpha value is -2.24. The van der Waals surface area contributed by atoms with Gasteiger partial charge in [0, 0.05) is 11.6 Å². The van der Waals surface area contributed by atoms with Crippen LogP contribution in [-0.2, 0) is 11.2 Å². The van der Waals surface area contributed by atoms with Crippen LogP contribution in [0.5, 0.6) is 11.5 Å². The van der Waals surface area contributed by atoms with E-state index in [1.54, 1.807) is 25.3 Å². The summed E-state index contributed by atoms with van der Waals surface area (Å²) in [6, 6.07) is 5.16. The molecule has 4 N–H and O–H groups in total. The number of amides is 1. The van der Waals surface area contributed by atoms with Crippen molar-refractivity contribution in [3.63, 3.8) is 0 Å². The van der Waals surface area contributed by atoms with Gasteiger partial charge in [-0.05, 0) is 6.07 Å². The van der Waals surface area contributed by atoms with Crippen LogP contribution in [0.15, 0.2) is 23.2 Å². The van der Waals surface area contributed by atoms with E-state index in [2.05, 4.69) is 4.99 Å². The Labute approximate surface area is 99.2 Å². The second-order valence-electron chi connectivity index (χ2n) is 3.28. The number of carbonyl (C=O) groups is 1. The molecule has 0 unspecified atom stereocenters. The van der Waals surface area contributed by atoms with E-state index in [1.807, 2.05) is 0 Å². The summed E-state index contributed by atoms with van der Waals surface area (Å²) in [6.07, 6.45) is 0.0745. The number of nitrogens with zero attached hydrogens (tertiary/aromatic N) is 1. The zero-order chi connectivity index (χ0) is 12.8. The van der Waals surface area contributed by atoms with Crippen molar-refractivity contribution in [3.8, 4) is 11.5 Å². The molecule has 6 nitrogen and oxygen atoms in total. The maximum Gasteiger partial charge on any atom is 0.253 e. The van der Waals surface area contributed by atoms with E-state index in [0.29, 0.717) is 17.1 Å². The monoisotopic (exact) mass is 237 g/mol. The van der Waals surface area contributed by atoms with Crippen molar-refractivity contribution in [2.24, 2.45) is 16.5 Å². The molecule has 0 saturated carbocycles. The fourth-order valence-corrected chi connectivity index (χ4v) is 1.34. The number of guanidine groups is 1. The van der Waals surface area contributed by atoms with E-state index in [0.717, 1.165) is 0 Å². The highest BCUT2D eigenvalue weighted by Gasteiger charge is 2.09. The number of nitrogens with two attached hydrogens (primary N) is 2. The summed E-state index contributed by atoms with van der Waals surface area (Å²) < 4.78 is 10.2. The Kier molecular flexibility index (Phi) is 4.33. The van der Waals surface area contributed by atoms with Gasteiger partial charge in [0.15, 0.2) is 5.96 Å². The predicted octanol–water partition coefficient (Wildman–Crippen LogP) is 0.0463. The van der Waals surface area contributed by atoms with Gasteiger partial charge in [0.05, 0.1) is 20.6 Å². The lowest BCUT2D eigenvalue weighted by Crippen LogP contribution is -2.24. The summed E-state index contributed by atoms with van der Waals surface area (Å²) in [7, 11) is 3.07. The first kappa shape index (κ1) is 12.8. The fraction of sp³-hybridized carbons (Fsp3) is 0.273. The van der Waals surface area contributed by atoms with Crippen molar-refractivity contribution in [2.45, 2.75) is 6.42 Å². The van der Waals surface area contributed by atoms with E-state index >= 15 is 0 Å². The van der Waals surface area contributed by atoms with Gasteiger partial charge in [-0.2, -0.15) is 4.99 Å². The van der Waals surface area contributed by atoms with Gasteiger partial charge in [0.2, 0.25) is 0 Å². The number of rotatable bonds is 4. The maximum absolute atomic E-state index is 11.4. The topological polar surface area (TPSA) is 99.9 Å². The van der Waals surface area contributed by atoms with Crippen LogP contribution in [0.25, 0.3) is 0 Å². The van der Waals surface area contributed by atoms with Gasteiger partial charge in [-0.3, -0.25) is 4.79 Å². The van der Waals surface area contributed by atoms with Crippen molar-refractivity contribution in [1.82, 2.24) is 0 Å². The van der Waals surface area contributed by atoms with Gasteiger partial charge in [-0.25, -0.2) is 0 Å². The molecule has 92 valence electrons. The third-order valence-electron chi connectivity index (χ3n) is 2.09. The van der Waals surface area contributed by atoms with Crippen molar-refractivity contribution >= 4 is 11.9 Å². The molecule has 0 atom stereocenters. The molecule has 1 rings (SSSR count). The SMILES string of the molecule is COc1ccc(CC(=O)N=C(N)N)c(OC)c1. The van der Waals surface area contributed by atoms with Gasteiger partial charge < -0.3 is 20.9 Å². The zero-order valence-electron chi connectivity index (χ0n) is 9.77. The Balaban J connectivity index is 2.91. The summed E-state index contributed by atoms with van der Waals surface area (Å²) in [6.45, 7) is 0. The fourth-order valence-electron chi connectivity index (χ4n) is 1.34. The Morgan fingerprint density at radius 3 is 2.53 bits per heavy atom. The third-order valence-corrected chi connectivity index (χ3v) is 2.09. The summed E-state index contributed by atoms with van der Waals surface area (Å²) in [4.78, 5) is 14.8. The normalized spacial score (nSPS) is 9.53. The van der Waals surface area contributed by atoms with Crippen molar-refractivity contribution in [3.05, 3.63) is 23.8 Å². The molecule has 0 spiro atoms. The highest BCUT2D eigenvalue weighted by molar-refractivity contribution is 5.92. The maximum atomic E-state index is 11.4. The average molecular weight is 237 g/mol. The van der Waals surface area contributed by atoms with Gasteiger partial charge in [-0.1, -0.05) is 6.07 Å². The molecule has 0 aliphatic rings. The second-order valence-corrected chi connectivity index (χ2v) is 3.28. The number of hydrogen-bond acceptors (Lipinski definition) is 3. The first-order valence-corrected chi connectivity index (χ1v) is 4.90. The highest BCUT2D eigenvalue weighted by atomic mass is 16.5. The molecule has 0 heterocycles. The third kappa shape index (κ3) is 3.67. The van der Waals surface area contributed by atoms with Gasteiger partial charge in [0.1, 0.15) is 11.5 Å². The Morgan fingerprint density at radius 2 is 2.00 bits per heavy atom. The number of aliphatic imine (C=N–C) groups is 1. The van der Waals surface area contributed by atoms with E-state index in [-0.39, 0.29) is 12.4 Å². The quantitative estimate of drug-likeness (QED) is 0.569. The van der Waals surface area contributed by atoms with Crippen LogP contribution < -0.4 is 20.9 Å². The van der Waals surface area contributed by atoms with Gasteiger partial charge in [-0.15, -0.1) is 0 Å². The van der Waals surface area contributed by atoms with E-state index in [9.17, 15) is 4.79 Å². The van der Waals surface area contributed by atoms with Crippen LogP contribution in [0.2, 0.25) is 0 Å². The number of methoxy groups -OCH3 is 2. The molecule has 0 bridgehead atoms. The first-order chi connectivity index (χ1) is 8.06. The van der Waals surface area contributed by atoms with Crippen LogP contribution in [-0.4, -0.2) is 26.1 Å². The summed E-state index contributed by atoms with van der Waals surface area (Å²) in [5, 5.41) is 0. The molecule has 0 aromatic heterocycles. The lowest BCUT2D eigenvalue weighted by Gasteiger charge is -2.08. The molecule has 1 amide bonds. The minimum Gasteiger partial charge on any atom is -0.497 e. The van der Waals surface area contributed by atoms with Crippen LogP contribution in [0, 0.1) is 0 Å². The molecular weight excluding hydrogens is 222 g/mol. The van der Waals surface area contributed by atoms with Crippen molar-refractivity contribution in [2.75, 3.05) is 14.2 Å². The Bertz CT molecular complexity index is 440.